The van der Waals surface area contributed by atoms with Crippen molar-refractivity contribution in [2.45, 2.75) is 25.9 Å². The highest BCUT2D eigenvalue weighted by Crippen LogP contribution is 2.16. The lowest BCUT2D eigenvalue weighted by Crippen LogP contribution is -2.44. The fourth-order valence-electron chi connectivity index (χ4n) is 2.05. The van der Waals surface area contributed by atoms with Gasteiger partial charge in [-0.1, -0.05) is 18.5 Å². The van der Waals surface area contributed by atoms with Crippen molar-refractivity contribution < 1.29 is 4.74 Å². The van der Waals surface area contributed by atoms with E-state index < -0.39 is 0 Å². The van der Waals surface area contributed by atoms with Gasteiger partial charge in [-0.3, -0.25) is 4.90 Å². The van der Waals surface area contributed by atoms with E-state index in [1.807, 2.05) is 0 Å². The smallest absolute Gasteiger partial charge is 0.221 e. The monoisotopic (exact) mass is 256 g/mol. The molecule has 2 rings (SSSR count). The summed E-state index contributed by atoms with van der Waals surface area (Å²) in [5, 5.41) is 0.397. The lowest BCUT2D eigenvalue weighted by molar-refractivity contribution is -0.0132. The molecule has 17 heavy (non-hydrogen) atoms. The topological polar surface area (TPSA) is 64.3 Å². The van der Waals surface area contributed by atoms with Gasteiger partial charge < -0.3 is 10.5 Å². The summed E-state index contributed by atoms with van der Waals surface area (Å²) in [7, 11) is 0. The number of ether oxygens (including phenoxy) is 1. The SMILES string of the molecule is CC[C@@H]1COCCN1Cc1cc(Cl)nc(N)n1. The summed E-state index contributed by atoms with van der Waals surface area (Å²) < 4.78 is 5.46. The highest BCUT2D eigenvalue weighted by Gasteiger charge is 2.21. The fraction of sp³-hybridized carbons (Fsp3) is 0.636. The zero-order valence-electron chi connectivity index (χ0n) is 9.90. The van der Waals surface area contributed by atoms with Crippen molar-refractivity contribution in [2.75, 3.05) is 25.5 Å². The van der Waals surface area contributed by atoms with Gasteiger partial charge in [0.15, 0.2) is 0 Å². The summed E-state index contributed by atoms with van der Waals surface area (Å²) in [6.45, 7) is 5.37. The molecule has 1 aliphatic rings. The third kappa shape index (κ3) is 3.28. The molecule has 0 radical (unpaired) electrons. The van der Waals surface area contributed by atoms with Crippen LogP contribution in [0.5, 0.6) is 0 Å². The van der Waals surface area contributed by atoms with Crippen molar-refractivity contribution in [1.82, 2.24) is 14.9 Å². The molecule has 0 amide bonds. The van der Waals surface area contributed by atoms with E-state index in [0.717, 1.165) is 38.4 Å². The fourth-order valence-corrected chi connectivity index (χ4v) is 2.26. The molecule has 0 unspecified atom stereocenters. The minimum Gasteiger partial charge on any atom is -0.378 e. The van der Waals surface area contributed by atoms with Crippen LogP contribution >= 0.6 is 11.6 Å². The first-order chi connectivity index (χ1) is 8.19. The van der Waals surface area contributed by atoms with E-state index in [1.165, 1.54) is 0 Å². The van der Waals surface area contributed by atoms with E-state index in [4.69, 9.17) is 22.1 Å². The zero-order chi connectivity index (χ0) is 12.3. The second kappa shape index (κ2) is 5.62. The highest BCUT2D eigenvalue weighted by molar-refractivity contribution is 6.29. The number of morpholine rings is 1. The maximum atomic E-state index is 5.86. The van der Waals surface area contributed by atoms with Gasteiger partial charge in [-0.15, -0.1) is 0 Å². The molecule has 5 nitrogen and oxygen atoms in total. The Morgan fingerprint density at radius 2 is 2.41 bits per heavy atom. The van der Waals surface area contributed by atoms with Crippen LogP contribution in [0.4, 0.5) is 5.95 Å². The summed E-state index contributed by atoms with van der Waals surface area (Å²) >= 11 is 5.86. The van der Waals surface area contributed by atoms with Crippen molar-refractivity contribution in [3.63, 3.8) is 0 Å². The van der Waals surface area contributed by atoms with Gasteiger partial charge in [0.1, 0.15) is 5.15 Å². The Morgan fingerprint density at radius 3 is 3.12 bits per heavy atom. The van der Waals surface area contributed by atoms with Crippen LogP contribution in [-0.2, 0) is 11.3 Å². The maximum Gasteiger partial charge on any atom is 0.221 e. The summed E-state index contributed by atoms with van der Waals surface area (Å²) in [5.41, 5.74) is 6.45. The van der Waals surface area contributed by atoms with E-state index in [-0.39, 0.29) is 5.95 Å². The number of hydrogen-bond acceptors (Lipinski definition) is 5. The first-order valence-electron chi connectivity index (χ1n) is 5.79. The third-order valence-corrected chi connectivity index (χ3v) is 3.14. The largest absolute Gasteiger partial charge is 0.378 e. The molecule has 94 valence electrons. The molecule has 1 saturated heterocycles. The van der Waals surface area contributed by atoms with Crippen LogP contribution in [0.25, 0.3) is 0 Å². The minimum atomic E-state index is 0.230. The molecule has 1 atom stereocenters. The van der Waals surface area contributed by atoms with E-state index >= 15 is 0 Å². The summed E-state index contributed by atoms with van der Waals surface area (Å²) in [4.78, 5) is 10.4. The van der Waals surface area contributed by atoms with E-state index in [1.54, 1.807) is 6.07 Å². The maximum absolute atomic E-state index is 5.86. The molecule has 1 aromatic heterocycles. The quantitative estimate of drug-likeness (QED) is 0.827. The molecule has 0 spiro atoms. The van der Waals surface area contributed by atoms with Crippen molar-refractivity contribution >= 4 is 17.5 Å². The highest BCUT2D eigenvalue weighted by atomic mass is 35.5. The Labute approximate surface area is 106 Å². The normalized spacial score (nSPS) is 21.6. The van der Waals surface area contributed by atoms with Crippen LogP contribution in [-0.4, -0.2) is 40.7 Å². The molecule has 6 heteroatoms. The Morgan fingerprint density at radius 1 is 1.59 bits per heavy atom. The number of nitrogen functional groups attached to an aromatic ring is 1. The average molecular weight is 257 g/mol. The number of aromatic nitrogens is 2. The lowest BCUT2D eigenvalue weighted by atomic mass is 10.1. The van der Waals surface area contributed by atoms with Gasteiger partial charge in [-0.25, -0.2) is 9.97 Å². The molecule has 1 fully saturated rings. The Hall–Kier alpha value is -0.910. The third-order valence-electron chi connectivity index (χ3n) is 2.95. The van der Waals surface area contributed by atoms with Crippen LogP contribution in [0.3, 0.4) is 0 Å². The van der Waals surface area contributed by atoms with E-state index in [2.05, 4.69) is 21.8 Å². The summed E-state index contributed by atoms with van der Waals surface area (Å²) in [6, 6.07) is 2.21. The second-order valence-corrected chi connectivity index (χ2v) is 4.53. The Balaban J connectivity index is 2.08. The molecule has 0 saturated carbocycles. The molecule has 2 heterocycles. The van der Waals surface area contributed by atoms with Gasteiger partial charge in [0, 0.05) is 19.1 Å². The standard InChI is InChI=1S/C11H17ClN4O/c1-2-9-7-17-4-3-16(9)6-8-5-10(12)15-11(13)14-8/h5,9H,2-4,6-7H2,1H3,(H2,13,14,15)/t9-/m1/s1. The lowest BCUT2D eigenvalue weighted by Gasteiger charge is -2.34. The molecule has 2 N–H and O–H groups in total. The van der Waals surface area contributed by atoms with Crippen molar-refractivity contribution in [3.05, 3.63) is 16.9 Å². The number of nitrogens with zero attached hydrogens (tertiary/aromatic N) is 3. The second-order valence-electron chi connectivity index (χ2n) is 4.15. The number of rotatable bonds is 3. The molecule has 0 aromatic carbocycles. The van der Waals surface area contributed by atoms with Crippen LogP contribution in [0.1, 0.15) is 19.0 Å². The van der Waals surface area contributed by atoms with Crippen LogP contribution in [0.15, 0.2) is 6.07 Å². The number of anilines is 1. The predicted molar refractivity (Wildman–Crippen MR) is 66.8 cm³/mol. The number of halogens is 1. The Kier molecular flexibility index (Phi) is 4.15. The predicted octanol–water partition coefficient (Wildman–Crippen LogP) is 1.32. The van der Waals surface area contributed by atoms with E-state index in [9.17, 15) is 0 Å². The van der Waals surface area contributed by atoms with Gasteiger partial charge in [-0.05, 0) is 12.5 Å². The van der Waals surface area contributed by atoms with Crippen molar-refractivity contribution in [1.29, 1.82) is 0 Å². The van der Waals surface area contributed by atoms with Gasteiger partial charge >= 0.3 is 0 Å². The molecule has 1 aromatic rings. The summed E-state index contributed by atoms with van der Waals surface area (Å²) in [5.74, 6) is 0.230. The number of nitrogens with two attached hydrogens (primary N) is 1. The first-order valence-corrected chi connectivity index (χ1v) is 6.17. The minimum absolute atomic E-state index is 0.230. The zero-order valence-corrected chi connectivity index (χ0v) is 10.7. The van der Waals surface area contributed by atoms with Gasteiger partial charge in [0.25, 0.3) is 0 Å². The molecule has 0 aliphatic carbocycles. The molecular weight excluding hydrogens is 240 g/mol. The average Bonchev–Trinajstić information content (AvgIpc) is 2.28. The molecular formula is C11H17ClN4O. The summed E-state index contributed by atoms with van der Waals surface area (Å²) in [6.07, 6.45) is 1.06. The van der Waals surface area contributed by atoms with Crippen molar-refractivity contribution in [2.24, 2.45) is 0 Å². The van der Waals surface area contributed by atoms with Crippen LogP contribution < -0.4 is 5.73 Å². The van der Waals surface area contributed by atoms with Crippen LogP contribution in [0, 0.1) is 0 Å². The van der Waals surface area contributed by atoms with Gasteiger partial charge in [0.2, 0.25) is 5.95 Å². The molecule has 0 bridgehead atoms. The van der Waals surface area contributed by atoms with Gasteiger partial charge in [-0.2, -0.15) is 0 Å². The van der Waals surface area contributed by atoms with Gasteiger partial charge in [0.05, 0.1) is 18.9 Å². The Bertz CT molecular complexity index is 367. The number of hydrogen-bond donors (Lipinski definition) is 1. The van der Waals surface area contributed by atoms with Crippen LogP contribution in [0.2, 0.25) is 5.15 Å². The van der Waals surface area contributed by atoms with E-state index in [0.29, 0.717) is 11.2 Å². The van der Waals surface area contributed by atoms with Crippen molar-refractivity contribution in [3.8, 4) is 0 Å². The molecule has 1 aliphatic heterocycles. The first kappa shape index (κ1) is 12.5.